The molecule has 0 aliphatic heterocycles. The van der Waals surface area contributed by atoms with Crippen LogP contribution in [0.5, 0.6) is 5.75 Å². The molecule has 146 valence electrons. The highest BCUT2D eigenvalue weighted by atomic mass is 16.3. The molecule has 0 aliphatic carbocycles. The molecule has 1 aromatic carbocycles. The number of aliphatic hydroxyl groups excluding tert-OH is 4. The van der Waals surface area contributed by atoms with Gasteiger partial charge in [-0.15, -0.1) is 0 Å². The Bertz CT molecular complexity index is 481. The maximum absolute atomic E-state index is 10.4. The normalized spacial score (nSPS) is 12.6. The molecule has 0 aliphatic rings. The lowest BCUT2D eigenvalue weighted by atomic mass is 9.78. The number of aliphatic hydroxyl groups is 4. The summed E-state index contributed by atoms with van der Waals surface area (Å²) in [5.74, 6) is 0.464. The van der Waals surface area contributed by atoms with E-state index in [2.05, 4.69) is 60.6 Å². The van der Waals surface area contributed by atoms with Crippen LogP contribution in [0.4, 0.5) is 0 Å². The molecule has 0 unspecified atom stereocenters. The maximum atomic E-state index is 10.4. The van der Waals surface area contributed by atoms with Gasteiger partial charge in [0, 0.05) is 0 Å². The largest absolute Gasteiger partial charge is 0.507 e. The highest BCUT2D eigenvalue weighted by molar-refractivity contribution is 5.49. The molecule has 0 aromatic heterocycles. The molecule has 0 spiro atoms. The van der Waals surface area contributed by atoms with Crippen LogP contribution in [-0.2, 0) is 10.8 Å². The summed E-state index contributed by atoms with van der Waals surface area (Å²) < 4.78 is 0. The van der Waals surface area contributed by atoms with E-state index < -0.39 is 31.8 Å². The summed E-state index contributed by atoms with van der Waals surface area (Å²) in [4.78, 5) is 0. The van der Waals surface area contributed by atoms with E-state index in [0.29, 0.717) is 5.75 Å². The lowest BCUT2D eigenvalue weighted by Gasteiger charge is -2.27. The number of phenols is 1. The summed E-state index contributed by atoms with van der Waals surface area (Å²) in [5, 5.41) is 44.4. The fourth-order valence-corrected chi connectivity index (χ4v) is 2.22. The van der Waals surface area contributed by atoms with E-state index in [4.69, 9.17) is 20.4 Å². The Morgan fingerprint density at radius 3 is 1.12 bits per heavy atom. The Kier molecular flexibility index (Phi) is 8.58. The van der Waals surface area contributed by atoms with E-state index in [1.165, 1.54) is 5.56 Å². The van der Waals surface area contributed by atoms with E-state index >= 15 is 0 Å². The van der Waals surface area contributed by atoms with E-state index in [0.717, 1.165) is 11.1 Å². The number of aryl methyl sites for hydroxylation is 1. The zero-order valence-electron chi connectivity index (χ0n) is 16.7. The van der Waals surface area contributed by atoms with Gasteiger partial charge in [0.15, 0.2) is 0 Å². The lowest BCUT2D eigenvalue weighted by Crippen LogP contribution is -2.37. The van der Waals surface area contributed by atoms with Crippen LogP contribution in [0.15, 0.2) is 12.1 Å². The van der Waals surface area contributed by atoms with Crippen LogP contribution in [0, 0.1) is 12.3 Å². The van der Waals surface area contributed by atoms with Crippen LogP contribution in [0.1, 0.15) is 58.2 Å². The first-order valence-electron chi connectivity index (χ1n) is 8.56. The van der Waals surface area contributed by atoms with Gasteiger partial charge in [-0.1, -0.05) is 59.2 Å². The van der Waals surface area contributed by atoms with Crippen molar-refractivity contribution >= 4 is 0 Å². The van der Waals surface area contributed by atoms with Crippen LogP contribution in [0.3, 0.4) is 0 Å². The predicted molar refractivity (Wildman–Crippen MR) is 101 cm³/mol. The van der Waals surface area contributed by atoms with Crippen LogP contribution >= 0.6 is 0 Å². The molecule has 1 rings (SSSR count). The molecule has 25 heavy (non-hydrogen) atoms. The van der Waals surface area contributed by atoms with Crippen molar-refractivity contribution in [3.05, 3.63) is 28.8 Å². The van der Waals surface area contributed by atoms with Gasteiger partial charge in [0.05, 0.1) is 31.8 Å². The third kappa shape index (κ3) is 6.59. The molecule has 0 fully saturated rings. The summed E-state index contributed by atoms with van der Waals surface area (Å²) in [7, 11) is 0. The molecular formula is C20H36O5. The van der Waals surface area contributed by atoms with Gasteiger partial charge < -0.3 is 25.5 Å². The van der Waals surface area contributed by atoms with Gasteiger partial charge >= 0.3 is 0 Å². The second kappa shape index (κ2) is 8.99. The fraction of sp³-hybridized carbons (Fsp3) is 0.700. The van der Waals surface area contributed by atoms with Gasteiger partial charge in [0.1, 0.15) is 5.75 Å². The Balaban J connectivity index is 0.000000547. The van der Waals surface area contributed by atoms with Gasteiger partial charge in [0.25, 0.3) is 0 Å². The van der Waals surface area contributed by atoms with Gasteiger partial charge in [-0.2, -0.15) is 0 Å². The van der Waals surface area contributed by atoms with Crippen LogP contribution in [0.2, 0.25) is 0 Å². The highest BCUT2D eigenvalue weighted by Crippen LogP contribution is 2.39. The summed E-state index contributed by atoms with van der Waals surface area (Å²) >= 11 is 0. The van der Waals surface area contributed by atoms with Crippen molar-refractivity contribution in [2.75, 3.05) is 26.4 Å². The molecule has 0 heterocycles. The van der Waals surface area contributed by atoms with E-state index in [1.807, 2.05) is 0 Å². The Morgan fingerprint density at radius 2 is 0.960 bits per heavy atom. The summed E-state index contributed by atoms with van der Waals surface area (Å²) in [5.41, 5.74) is 2.15. The Morgan fingerprint density at radius 1 is 0.680 bits per heavy atom. The molecule has 0 saturated carbocycles. The van der Waals surface area contributed by atoms with Crippen molar-refractivity contribution < 1.29 is 25.5 Å². The number of aromatic hydroxyl groups is 1. The molecule has 0 amide bonds. The smallest absolute Gasteiger partial charge is 0.123 e. The van der Waals surface area contributed by atoms with Crippen LogP contribution < -0.4 is 0 Å². The minimum Gasteiger partial charge on any atom is -0.507 e. The quantitative estimate of drug-likeness (QED) is 0.569. The monoisotopic (exact) mass is 356 g/mol. The Labute approximate surface area is 152 Å². The number of hydrogen-bond donors (Lipinski definition) is 5. The predicted octanol–water partition coefficient (Wildman–Crippen LogP) is 2.24. The Hall–Kier alpha value is -1.14. The number of benzene rings is 1. The minimum absolute atomic E-state index is 0.0178. The fourth-order valence-electron chi connectivity index (χ4n) is 2.22. The molecule has 5 nitrogen and oxygen atoms in total. The second-order valence-electron chi connectivity index (χ2n) is 8.84. The van der Waals surface area contributed by atoms with Crippen LogP contribution in [-0.4, -0.2) is 52.0 Å². The van der Waals surface area contributed by atoms with E-state index in [1.54, 1.807) is 0 Å². The zero-order chi connectivity index (χ0) is 20.1. The van der Waals surface area contributed by atoms with Crippen molar-refractivity contribution in [2.45, 2.75) is 59.3 Å². The molecule has 0 radical (unpaired) electrons. The molecule has 0 saturated heterocycles. The summed E-state index contributed by atoms with van der Waals surface area (Å²) in [6.45, 7) is 13.3. The molecule has 0 bridgehead atoms. The first-order valence-corrected chi connectivity index (χ1v) is 8.56. The van der Waals surface area contributed by atoms with Gasteiger partial charge in [-0.05, 0) is 28.9 Å². The molecule has 0 atom stereocenters. The first kappa shape index (κ1) is 23.9. The van der Waals surface area contributed by atoms with Gasteiger partial charge in [0.2, 0.25) is 0 Å². The zero-order valence-corrected chi connectivity index (χ0v) is 16.7. The van der Waals surface area contributed by atoms with Crippen molar-refractivity contribution in [3.63, 3.8) is 0 Å². The van der Waals surface area contributed by atoms with Gasteiger partial charge in [-0.25, -0.2) is 0 Å². The van der Waals surface area contributed by atoms with Gasteiger partial charge in [-0.3, -0.25) is 0 Å². The van der Waals surface area contributed by atoms with Crippen molar-refractivity contribution in [1.82, 2.24) is 0 Å². The standard InChI is InChI=1S/C15H24O.C5H12O4/c1-10-8-11(14(2,3)4)13(16)12(9-10)15(5,6)7;6-1-5(2-7,3-8)4-9/h8-9,16H,1-7H3;6-9H,1-4H2. The van der Waals surface area contributed by atoms with Crippen molar-refractivity contribution in [2.24, 2.45) is 5.41 Å². The number of rotatable bonds is 4. The van der Waals surface area contributed by atoms with Crippen LogP contribution in [0.25, 0.3) is 0 Å². The minimum atomic E-state index is -1.11. The third-order valence-electron chi connectivity index (χ3n) is 4.21. The summed E-state index contributed by atoms with van der Waals surface area (Å²) in [6.07, 6.45) is 0. The first-order chi connectivity index (χ1) is 11.3. The number of phenolic OH excluding ortho intramolecular Hbond substituents is 1. The van der Waals surface area contributed by atoms with Crippen molar-refractivity contribution in [3.8, 4) is 5.75 Å². The molecule has 1 aromatic rings. The second-order valence-corrected chi connectivity index (χ2v) is 8.84. The topological polar surface area (TPSA) is 101 Å². The SMILES string of the molecule is Cc1cc(C(C)(C)C)c(O)c(C(C)(C)C)c1.OCC(CO)(CO)CO. The number of hydrogen-bond acceptors (Lipinski definition) is 5. The van der Waals surface area contributed by atoms with Crippen molar-refractivity contribution in [1.29, 1.82) is 0 Å². The average molecular weight is 357 g/mol. The third-order valence-corrected chi connectivity index (χ3v) is 4.21. The average Bonchev–Trinajstić information content (AvgIpc) is 2.50. The molecular weight excluding hydrogens is 320 g/mol. The van der Waals surface area contributed by atoms with E-state index in [-0.39, 0.29) is 10.8 Å². The highest BCUT2D eigenvalue weighted by Gasteiger charge is 2.27. The van der Waals surface area contributed by atoms with E-state index in [9.17, 15) is 5.11 Å². The molecule has 5 heteroatoms. The molecule has 5 N–H and O–H groups in total. The lowest BCUT2D eigenvalue weighted by molar-refractivity contribution is -0.0328. The summed E-state index contributed by atoms with van der Waals surface area (Å²) in [6, 6.07) is 4.18. The maximum Gasteiger partial charge on any atom is 0.123 e.